The highest BCUT2D eigenvalue weighted by atomic mass is 19.3. The highest BCUT2D eigenvalue weighted by molar-refractivity contribution is 6.62. The van der Waals surface area contributed by atoms with Gasteiger partial charge < -0.3 is 19.7 Å². The molecule has 2 N–H and O–H groups in total. The van der Waals surface area contributed by atoms with Crippen LogP contribution in [0.1, 0.15) is 46.1 Å². The van der Waals surface area contributed by atoms with E-state index in [2.05, 4.69) is 5.32 Å². The first-order valence-electron chi connectivity index (χ1n) is 8.21. The standard InChI is InChI=1S/C17H22BF2NO4/c1-14(2)15(3,4)25-18(24-14)12-7-5-11(6-8-12)16(21-13(22)23)9-17(19,20)10-16/h5-8,21H,9-10H2,1-4H3,(H,22,23). The molecule has 0 atom stereocenters. The number of carboxylic acid groups (broad SMARTS) is 1. The van der Waals surface area contributed by atoms with Crippen LogP contribution in [0.15, 0.2) is 24.3 Å². The van der Waals surface area contributed by atoms with E-state index in [0.29, 0.717) is 5.56 Å². The first-order chi connectivity index (χ1) is 11.4. The van der Waals surface area contributed by atoms with Crippen molar-refractivity contribution >= 4 is 18.7 Å². The fraction of sp³-hybridized carbons (Fsp3) is 0.588. The highest BCUT2D eigenvalue weighted by Gasteiger charge is 2.58. The van der Waals surface area contributed by atoms with Gasteiger partial charge in [0.1, 0.15) is 0 Å². The van der Waals surface area contributed by atoms with E-state index in [-0.39, 0.29) is 0 Å². The van der Waals surface area contributed by atoms with Crippen molar-refractivity contribution in [2.45, 2.75) is 63.2 Å². The number of alkyl halides is 2. The normalized spacial score (nSPS) is 25.3. The monoisotopic (exact) mass is 353 g/mol. The number of benzene rings is 1. The quantitative estimate of drug-likeness (QED) is 0.820. The minimum absolute atomic E-state index is 0.474. The van der Waals surface area contributed by atoms with Crippen molar-refractivity contribution in [2.24, 2.45) is 0 Å². The average molecular weight is 353 g/mol. The molecule has 2 fully saturated rings. The number of halogens is 2. The van der Waals surface area contributed by atoms with Crippen molar-refractivity contribution in [1.29, 1.82) is 0 Å². The van der Waals surface area contributed by atoms with Crippen LogP contribution < -0.4 is 10.8 Å². The van der Waals surface area contributed by atoms with E-state index in [9.17, 15) is 13.6 Å². The van der Waals surface area contributed by atoms with Gasteiger partial charge in [-0.05, 0) is 38.7 Å². The van der Waals surface area contributed by atoms with Crippen LogP contribution in [0.2, 0.25) is 0 Å². The highest BCUT2D eigenvalue weighted by Crippen LogP contribution is 2.51. The smallest absolute Gasteiger partial charge is 0.465 e. The van der Waals surface area contributed by atoms with Gasteiger partial charge in [-0.2, -0.15) is 0 Å². The lowest BCUT2D eigenvalue weighted by atomic mass is 9.68. The van der Waals surface area contributed by atoms with Crippen molar-refractivity contribution in [3.63, 3.8) is 0 Å². The molecule has 0 radical (unpaired) electrons. The third kappa shape index (κ3) is 3.13. The maximum absolute atomic E-state index is 13.4. The van der Waals surface area contributed by atoms with Crippen LogP contribution in [0.4, 0.5) is 13.6 Å². The van der Waals surface area contributed by atoms with Gasteiger partial charge in [-0.3, -0.25) is 0 Å². The molecule has 0 bridgehead atoms. The predicted molar refractivity (Wildman–Crippen MR) is 89.2 cm³/mol. The van der Waals surface area contributed by atoms with Crippen molar-refractivity contribution < 1.29 is 28.0 Å². The molecule has 8 heteroatoms. The summed E-state index contributed by atoms with van der Waals surface area (Å²) in [7, 11) is -0.551. The van der Waals surface area contributed by atoms with Gasteiger partial charge in [0.2, 0.25) is 0 Å². The number of carbonyl (C=O) groups is 1. The summed E-state index contributed by atoms with van der Waals surface area (Å²) in [6.07, 6.45) is -2.39. The maximum atomic E-state index is 13.4. The van der Waals surface area contributed by atoms with Crippen LogP contribution in [0, 0.1) is 0 Å². The van der Waals surface area contributed by atoms with Gasteiger partial charge in [0, 0.05) is 12.8 Å². The van der Waals surface area contributed by atoms with Crippen LogP contribution in [0.5, 0.6) is 0 Å². The minimum Gasteiger partial charge on any atom is -0.465 e. The Kier molecular flexibility index (Phi) is 3.93. The summed E-state index contributed by atoms with van der Waals surface area (Å²) in [5.41, 5.74) is -0.916. The fourth-order valence-corrected chi connectivity index (χ4v) is 3.34. The summed E-state index contributed by atoms with van der Waals surface area (Å²) in [5.74, 6) is -2.85. The fourth-order valence-electron chi connectivity index (χ4n) is 3.34. The molecule has 1 saturated heterocycles. The lowest BCUT2D eigenvalue weighted by molar-refractivity contribution is -0.134. The van der Waals surface area contributed by atoms with E-state index in [1.54, 1.807) is 24.3 Å². The molecule has 1 aliphatic carbocycles. The summed E-state index contributed by atoms with van der Waals surface area (Å²) in [4.78, 5) is 11.0. The molecule has 1 amide bonds. The van der Waals surface area contributed by atoms with E-state index in [0.717, 1.165) is 5.46 Å². The SMILES string of the molecule is CC1(C)OB(c2ccc(C3(NC(=O)O)CC(F)(F)C3)cc2)OC1(C)C. The van der Waals surface area contributed by atoms with Crippen LogP contribution in [-0.2, 0) is 14.8 Å². The second-order valence-corrected chi connectivity index (χ2v) is 7.93. The largest absolute Gasteiger partial charge is 0.494 e. The van der Waals surface area contributed by atoms with Gasteiger partial charge in [0.25, 0.3) is 5.92 Å². The van der Waals surface area contributed by atoms with Gasteiger partial charge in [-0.15, -0.1) is 0 Å². The van der Waals surface area contributed by atoms with E-state index in [1.807, 2.05) is 27.7 Å². The summed E-state index contributed by atoms with van der Waals surface area (Å²) < 4.78 is 38.7. The number of hydrogen-bond donors (Lipinski definition) is 2. The van der Waals surface area contributed by atoms with Gasteiger partial charge in [0.15, 0.2) is 0 Å². The molecule has 136 valence electrons. The van der Waals surface area contributed by atoms with E-state index in [4.69, 9.17) is 14.4 Å². The molecule has 1 aromatic rings. The van der Waals surface area contributed by atoms with Crippen molar-refractivity contribution in [1.82, 2.24) is 5.32 Å². The second-order valence-electron chi connectivity index (χ2n) is 7.93. The summed E-state index contributed by atoms with van der Waals surface area (Å²) in [6, 6.07) is 6.79. The summed E-state index contributed by atoms with van der Waals surface area (Å²) >= 11 is 0. The van der Waals surface area contributed by atoms with Gasteiger partial charge in [0.05, 0.1) is 16.7 Å². The summed E-state index contributed by atoms with van der Waals surface area (Å²) in [6.45, 7) is 7.79. The number of nitrogens with one attached hydrogen (secondary N) is 1. The molecular formula is C17H22BF2NO4. The molecule has 3 rings (SSSR count). The number of amides is 1. The zero-order valence-corrected chi connectivity index (χ0v) is 14.7. The maximum Gasteiger partial charge on any atom is 0.494 e. The first kappa shape index (κ1) is 18.1. The van der Waals surface area contributed by atoms with E-state index >= 15 is 0 Å². The average Bonchev–Trinajstić information content (AvgIpc) is 2.64. The summed E-state index contributed by atoms with van der Waals surface area (Å²) in [5, 5.41) is 11.2. The molecule has 1 aromatic carbocycles. The Morgan fingerprint density at radius 1 is 1.08 bits per heavy atom. The molecule has 2 aliphatic rings. The molecule has 25 heavy (non-hydrogen) atoms. The Morgan fingerprint density at radius 2 is 1.56 bits per heavy atom. The third-order valence-corrected chi connectivity index (χ3v) is 5.46. The second kappa shape index (κ2) is 5.41. The van der Waals surface area contributed by atoms with Crippen LogP contribution >= 0.6 is 0 Å². The zero-order valence-electron chi connectivity index (χ0n) is 14.7. The number of hydrogen-bond acceptors (Lipinski definition) is 3. The molecule has 1 heterocycles. The Bertz CT molecular complexity index is 666. The zero-order chi connectivity index (χ0) is 18.7. The van der Waals surface area contributed by atoms with E-state index < -0.39 is 48.7 Å². The Hall–Kier alpha value is -1.67. The van der Waals surface area contributed by atoms with Crippen molar-refractivity contribution in [2.75, 3.05) is 0 Å². The number of rotatable bonds is 3. The Labute approximate surface area is 145 Å². The molecule has 0 spiro atoms. The van der Waals surface area contributed by atoms with Gasteiger partial charge in [-0.25, -0.2) is 13.6 Å². The first-order valence-corrected chi connectivity index (χ1v) is 8.21. The van der Waals surface area contributed by atoms with Crippen molar-refractivity contribution in [3.05, 3.63) is 29.8 Å². The molecule has 1 aliphatic heterocycles. The Balaban J connectivity index is 1.82. The molecule has 1 saturated carbocycles. The van der Waals surface area contributed by atoms with Gasteiger partial charge in [-0.1, -0.05) is 24.3 Å². The van der Waals surface area contributed by atoms with Crippen molar-refractivity contribution in [3.8, 4) is 0 Å². The van der Waals surface area contributed by atoms with Crippen LogP contribution in [0.25, 0.3) is 0 Å². The van der Waals surface area contributed by atoms with E-state index in [1.165, 1.54) is 0 Å². The Morgan fingerprint density at radius 3 is 1.96 bits per heavy atom. The molecule has 0 unspecified atom stereocenters. The molecule has 5 nitrogen and oxygen atoms in total. The third-order valence-electron chi connectivity index (χ3n) is 5.46. The lowest BCUT2D eigenvalue weighted by Crippen LogP contribution is -2.59. The predicted octanol–water partition coefficient (Wildman–Crippen LogP) is 2.88. The van der Waals surface area contributed by atoms with Crippen LogP contribution in [0.3, 0.4) is 0 Å². The lowest BCUT2D eigenvalue weighted by Gasteiger charge is -2.47. The molecule has 0 aromatic heterocycles. The van der Waals surface area contributed by atoms with Gasteiger partial charge >= 0.3 is 13.2 Å². The minimum atomic E-state index is -2.85. The topological polar surface area (TPSA) is 67.8 Å². The molecular weight excluding hydrogens is 331 g/mol. The van der Waals surface area contributed by atoms with Crippen LogP contribution in [-0.4, -0.2) is 35.4 Å².